The fraction of sp³-hybridized carbons (Fsp3) is 0.143. The molecule has 0 radical (unpaired) electrons. The molecule has 0 aliphatic rings. The van der Waals surface area contributed by atoms with Gasteiger partial charge in [-0.05, 0) is 11.6 Å². The van der Waals surface area contributed by atoms with Gasteiger partial charge < -0.3 is 5.11 Å². The van der Waals surface area contributed by atoms with Gasteiger partial charge in [-0.25, -0.2) is 9.78 Å². The molecule has 1 aromatic rings. The van der Waals surface area contributed by atoms with Crippen molar-refractivity contribution in [2.24, 2.45) is 0 Å². The van der Waals surface area contributed by atoms with Gasteiger partial charge >= 0.3 is 5.97 Å². The molecular formula is C7H7NO2S. The second-order valence-corrected chi connectivity index (χ2v) is 2.29. The van der Waals surface area contributed by atoms with E-state index in [9.17, 15) is 4.79 Å². The van der Waals surface area contributed by atoms with E-state index in [-0.39, 0.29) is 5.69 Å². The minimum absolute atomic E-state index is 0.0856. The predicted octanol–water partition coefficient (Wildman–Crippen LogP) is 1.21. The van der Waals surface area contributed by atoms with Crippen molar-refractivity contribution in [1.82, 2.24) is 4.98 Å². The minimum atomic E-state index is -1.00. The van der Waals surface area contributed by atoms with Crippen LogP contribution in [-0.2, 0) is 5.75 Å². The highest BCUT2D eigenvalue weighted by atomic mass is 32.1. The Bertz CT molecular complexity index is 275. The van der Waals surface area contributed by atoms with Gasteiger partial charge in [0.05, 0.1) is 0 Å². The molecule has 58 valence electrons. The first-order valence-corrected chi connectivity index (χ1v) is 3.67. The highest BCUT2D eigenvalue weighted by Gasteiger charge is 2.08. The monoisotopic (exact) mass is 169 g/mol. The number of carboxylic acid groups (broad SMARTS) is 1. The van der Waals surface area contributed by atoms with Crippen LogP contribution in [0.5, 0.6) is 0 Å². The summed E-state index contributed by atoms with van der Waals surface area (Å²) in [6.07, 6.45) is 1.45. The number of thiol groups is 1. The number of carbonyl (C=O) groups is 1. The molecule has 0 saturated carbocycles. The van der Waals surface area contributed by atoms with Crippen LogP contribution in [0.2, 0.25) is 0 Å². The predicted molar refractivity (Wildman–Crippen MR) is 43.9 cm³/mol. The van der Waals surface area contributed by atoms with Gasteiger partial charge in [-0.3, -0.25) is 0 Å². The quantitative estimate of drug-likeness (QED) is 0.654. The molecule has 1 N–H and O–H groups in total. The summed E-state index contributed by atoms with van der Waals surface area (Å²) in [5.41, 5.74) is 0.728. The fourth-order valence-electron chi connectivity index (χ4n) is 0.759. The second kappa shape index (κ2) is 3.39. The van der Waals surface area contributed by atoms with E-state index in [0.29, 0.717) is 11.3 Å². The topological polar surface area (TPSA) is 50.2 Å². The zero-order valence-electron chi connectivity index (χ0n) is 5.69. The molecule has 4 heteroatoms. The van der Waals surface area contributed by atoms with E-state index in [0.717, 1.165) is 0 Å². The van der Waals surface area contributed by atoms with E-state index < -0.39 is 5.97 Å². The van der Waals surface area contributed by atoms with Gasteiger partial charge in [0.15, 0.2) is 5.69 Å². The average Bonchev–Trinajstić information content (AvgIpc) is 2.04. The largest absolute Gasteiger partial charge is 0.477 e. The van der Waals surface area contributed by atoms with Crippen molar-refractivity contribution >= 4 is 18.6 Å². The van der Waals surface area contributed by atoms with Crippen LogP contribution < -0.4 is 0 Å². The summed E-state index contributed by atoms with van der Waals surface area (Å²) in [4.78, 5) is 14.2. The number of aromatic carboxylic acids is 1. The van der Waals surface area contributed by atoms with Crippen molar-refractivity contribution in [3.8, 4) is 0 Å². The molecule has 0 atom stereocenters. The normalized spacial score (nSPS) is 9.55. The summed E-state index contributed by atoms with van der Waals surface area (Å²) in [5, 5.41) is 8.60. The molecule has 1 heterocycles. The van der Waals surface area contributed by atoms with Crippen molar-refractivity contribution < 1.29 is 9.90 Å². The molecule has 0 aliphatic heterocycles. The van der Waals surface area contributed by atoms with Crippen molar-refractivity contribution in [3.05, 3.63) is 29.6 Å². The third-order valence-corrected chi connectivity index (χ3v) is 1.60. The van der Waals surface area contributed by atoms with Crippen molar-refractivity contribution in [2.45, 2.75) is 5.75 Å². The smallest absolute Gasteiger partial charge is 0.354 e. The zero-order chi connectivity index (χ0) is 8.27. The van der Waals surface area contributed by atoms with Crippen LogP contribution >= 0.6 is 12.6 Å². The van der Waals surface area contributed by atoms with E-state index >= 15 is 0 Å². The van der Waals surface area contributed by atoms with Crippen molar-refractivity contribution in [3.63, 3.8) is 0 Å². The number of nitrogens with zero attached hydrogens (tertiary/aromatic N) is 1. The first kappa shape index (κ1) is 8.07. The Morgan fingerprint density at radius 3 is 2.91 bits per heavy atom. The molecule has 0 unspecified atom stereocenters. The summed E-state index contributed by atoms with van der Waals surface area (Å²) in [6.45, 7) is 0. The number of rotatable bonds is 2. The maximum Gasteiger partial charge on any atom is 0.354 e. The summed E-state index contributed by atoms with van der Waals surface area (Å²) in [6, 6.07) is 3.39. The first-order chi connectivity index (χ1) is 5.25. The molecule has 0 bridgehead atoms. The van der Waals surface area contributed by atoms with Crippen LogP contribution in [0.1, 0.15) is 16.1 Å². The molecule has 11 heavy (non-hydrogen) atoms. The fourth-order valence-corrected chi connectivity index (χ4v) is 1.01. The Morgan fingerprint density at radius 1 is 1.73 bits per heavy atom. The second-order valence-electron chi connectivity index (χ2n) is 1.97. The first-order valence-electron chi connectivity index (χ1n) is 3.03. The van der Waals surface area contributed by atoms with Crippen LogP contribution in [0.25, 0.3) is 0 Å². The lowest BCUT2D eigenvalue weighted by Gasteiger charge is -1.98. The summed E-state index contributed by atoms with van der Waals surface area (Å²) < 4.78 is 0. The van der Waals surface area contributed by atoms with Gasteiger partial charge in [-0.15, -0.1) is 0 Å². The molecule has 1 rings (SSSR count). The third kappa shape index (κ3) is 1.71. The highest BCUT2D eigenvalue weighted by Crippen LogP contribution is 2.07. The van der Waals surface area contributed by atoms with Gasteiger partial charge in [0, 0.05) is 11.9 Å². The number of pyridine rings is 1. The Balaban J connectivity index is 3.12. The summed E-state index contributed by atoms with van der Waals surface area (Å²) in [5.74, 6) is -0.607. The Labute approximate surface area is 69.5 Å². The third-order valence-electron chi connectivity index (χ3n) is 1.26. The van der Waals surface area contributed by atoms with Crippen LogP contribution in [0.15, 0.2) is 18.3 Å². The van der Waals surface area contributed by atoms with Gasteiger partial charge in [0.25, 0.3) is 0 Å². The van der Waals surface area contributed by atoms with E-state index in [4.69, 9.17) is 5.11 Å². The average molecular weight is 169 g/mol. The maximum absolute atomic E-state index is 10.5. The number of hydrogen-bond donors (Lipinski definition) is 2. The Morgan fingerprint density at radius 2 is 2.45 bits per heavy atom. The highest BCUT2D eigenvalue weighted by molar-refractivity contribution is 7.79. The number of aromatic nitrogens is 1. The van der Waals surface area contributed by atoms with E-state index in [1.54, 1.807) is 12.1 Å². The molecule has 0 aliphatic carbocycles. The zero-order valence-corrected chi connectivity index (χ0v) is 6.58. The van der Waals surface area contributed by atoms with E-state index in [1.165, 1.54) is 6.20 Å². The molecular weight excluding hydrogens is 162 g/mol. The molecule has 0 spiro atoms. The van der Waals surface area contributed by atoms with Crippen LogP contribution in [0, 0.1) is 0 Å². The van der Waals surface area contributed by atoms with Gasteiger partial charge in [0.2, 0.25) is 0 Å². The van der Waals surface area contributed by atoms with Gasteiger partial charge in [0.1, 0.15) is 0 Å². The van der Waals surface area contributed by atoms with Gasteiger partial charge in [-0.2, -0.15) is 12.6 Å². The van der Waals surface area contributed by atoms with Gasteiger partial charge in [-0.1, -0.05) is 6.07 Å². The van der Waals surface area contributed by atoms with Crippen LogP contribution in [0.4, 0.5) is 0 Å². The molecule has 3 nitrogen and oxygen atoms in total. The Hall–Kier alpha value is -1.03. The standard InChI is InChI=1S/C7H7NO2S/c9-7(10)6-5(4-11)2-1-3-8-6/h1-3,11H,4H2,(H,9,10). The lowest BCUT2D eigenvalue weighted by Crippen LogP contribution is -2.03. The van der Waals surface area contributed by atoms with Crippen LogP contribution in [-0.4, -0.2) is 16.1 Å². The molecule has 0 aromatic carbocycles. The summed E-state index contributed by atoms with van der Waals surface area (Å²) >= 11 is 3.97. The van der Waals surface area contributed by atoms with E-state index in [1.807, 2.05) is 0 Å². The molecule has 0 fully saturated rings. The lowest BCUT2D eigenvalue weighted by atomic mass is 10.2. The Kier molecular flexibility index (Phi) is 2.48. The van der Waals surface area contributed by atoms with E-state index in [2.05, 4.69) is 17.6 Å². The number of carboxylic acids is 1. The molecule has 0 saturated heterocycles. The molecule has 0 amide bonds. The minimum Gasteiger partial charge on any atom is -0.477 e. The van der Waals surface area contributed by atoms with Crippen LogP contribution in [0.3, 0.4) is 0 Å². The maximum atomic E-state index is 10.5. The van der Waals surface area contributed by atoms with Crippen molar-refractivity contribution in [1.29, 1.82) is 0 Å². The SMILES string of the molecule is O=C(O)c1ncccc1CS. The number of hydrogen-bond acceptors (Lipinski definition) is 3. The molecule has 1 aromatic heterocycles. The summed E-state index contributed by atoms with van der Waals surface area (Å²) in [7, 11) is 0. The van der Waals surface area contributed by atoms with Crippen molar-refractivity contribution in [2.75, 3.05) is 0 Å². The lowest BCUT2D eigenvalue weighted by molar-refractivity contribution is 0.0689.